The first-order valence-electron chi connectivity index (χ1n) is 6.74. The third-order valence-corrected chi connectivity index (χ3v) is 3.80. The molecule has 148 valence electrons. The van der Waals surface area contributed by atoms with Crippen molar-refractivity contribution in [2.75, 3.05) is 0 Å². The first-order chi connectivity index (χ1) is 11.3. The third-order valence-electron chi connectivity index (χ3n) is 3.80. The SMILES string of the molecule is C=C(C)c1ccc(C(C)(O)C(F)(F)F)cc1C(O)(C(F)(F)F)C(F)(F)F. The van der Waals surface area contributed by atoms with Crippen LogP contribution in [0.1, 0.15) is 30.5 Å². The van der Waals surface area contributed by atoms with Gasteiger partial charge in [0.25, 0.3) is 5.60 Å². The lowest BCUT2D eigenvalue weighted by atomic mass is 9.82. The Hall–Kier alpha value is -1.75. The maximum atomic E-state index is 13.1. The van der Waals surface area contributed by atoms with E-state index in [2.05, 4.69) is 6.58 Å². The van der Waals surface area contributed by atoms with Crippen molar-refractivity contribution in [2.24, 2.45) is 0 Å². The molecule has 2 N–H and O–H groups in total. The largest absolute Gasteiger partial charge is 0.430 e. The van der Waals surface area contributed by atoms with E-state index in [9.17, 15) is 49.7 Å². The number of aliphatic hydroxyl groups is 2. The van der Waals surface area contributed by atoms with E-state index in [0.29, 0.717) is 12.1 Å². The van der Waals surface area contributed by atoms with Crippen molar-refractivity contribution in [3.63, 3.8) is 0 Å². The maximum absolute atomic E-state index is 13.1. The molecule has 0 bridgehead atoms. The van der Waals surface area contributed by atoms with Crippen LogP contribution < -0.4 is 0 Å². The summed E-state index contributed by atoms with van der Waals surface area (Å²) in [5.74, 6) is 0. The van der Waals surface area contributed by atoms with Crippen LogP contribution in [-0.4, -0.2) is 28.7 Å². The Kier molecular flexibility index (Phi) is 5.28. The highest BCUT2D eigenvalue weighted by Gasteiger charge is 2.72. The minimum absolute atomic E-state index is 0.160. The Labute approximate surface area is 141 Å². The van der Waals surface area contributed by atoms with Gasteiger partial charge in [0.2, 0.25) is 0 Å². The van der Waals surface area contributed by atoms with Crippen molar-refractivity contribution in [1.82, 2.24) is 0 Å². The summed E-state index contributed by atoms with van der Waals surface area (Å²) in [7, 11) is 0. The van der Waals surface area contributed by atoms with Crippen molar-refractivity contribution in [2.45, 2.75) is 43.6 Å². The third kappa shape index (κ3) is 3.41. The Morgan fingerprint density at radius 1 is 0.846 bits per heavy atom. The molecule has 0 radical (unpaired) electrons. The van der Waals surface area contributed by atoms with Gasteiger partial charge in [0.05, 0.1) is 0 Å². The lowest BCUT2D eigenvalue weighted by Gasteiger charge is -2.35. The highest BCUT2D eigenvalue weighted by Crippen LogP contribution is 2.52. The van der Waals surface area contributed by atoms with Gasteiger partial charge < -0.3 is 10.2 Å². The van der Waals surface area contributed by atoms with E-state index in [-0.39, 0.29) is 18.6 Å². The summed E-state index contributed by atoms with van der Waals surface area (Å²) in [5.41, 5.74) is -13.7. The van der Waals surface area contributed by atoms with Gasteiger partial charge in [-0.1, -0.05) is 24.3 Å². The molecule has 0 saturated heterocycles. The van der Waals surface area contributed by atoms with E-state index in [1.165, 1.54) is 0 Å². The number of rotatable bonds is 3. The van der Waals surface area contributed by atoms with Crippen LogP contribution in [-0.2, 0) is 11.2 Å². The van der Waals surface area contributed by atoms with E-state index in [1.54, 1.807) is 0 Å². The summed E-state index contributed by atoms with van der Waals surface area (Å²) < 4.78 is 117. The minimum Gasteiger partial charge on any atom is -0.376 e. The summed E-state index contributed by atoms with van der Waals surface area (Å²) in [5, 5.41) is 19.1. The molecule has 0 spiro atoms. The average Bonchev–Trinajstić information content (AvgIpc) is 2.41. The monoisotopic (exact) mass is 396 g/mol. The Morgan fingerprint density at radius 3 is 1.58 bits per heavy atom. The van der Waals surface area contributed by atoms with Crippen molar-refractivity contribution in [1.29, 1.82) is 0 Å². The molecule has 0 heterocycles. The lowest BCUT2D eigenvalue weighted by molar-refractivity contribution is -0.376. The summed E-state index contributed by atoms with van der Waals surface area (Å²) in [4.78, 5) is 0. The number of halogens is 9. The van der Waals surface area contributed by atoms with Crippen LogP contribution in [0, 0.1) is 0 Å². The molecule has 1 rings (SSSR count). The van der Waals surface area contributed by atoms with E-state index in [0.717, 1.165) is 6.92 Å². The fourth-order valence-corrected chi connectivity index (χ4v) is 2.15. The average molecular weight is 396 g/mol. The van der Waals surface area contributed by atoms with Crippen molar-refractivity contribution in [3.8, 4) is 0 Å². The Balaban J connectivity index is 3.94. The molecule has 0 amide bonds. The van der Waals surface area contributed by atoms with Crippen LogP contribution in [0.3, 0.4) is 0 Å². The fraction of sp³-hybridized carbons (Fsp3) is 0.467. The molecule has 0 aliphatic carbocycles. The Bertz CT molecular complexity index is 683. The van der Waals surface area contributed by atoms with Crippen LogP contribution in [0.4, 0.5) is 39.5 Å². The second-order valence-electron chi connectivity index (χ2n) is 5.82. The molecule has 0 aromatic heterocycles. The summed E-state index contributed by atoms with van der Waals surface area (Å²) in [6.45, 7) is 4.34. The normalized spacial score (nSPS) is 16.3. The quantitative estimate of drug-likeness (QED) is 0.721. The smallest absolute Gasteiger partial charge is 0.376 e. The van der Waals surface area contributed by atoms with Gasteiger partial charge in [0, 0.05) is 5.56 Å². The van der Waals surface area contributed by atoms with Gasteiger partial charge >= 0.3 is 18.5 Å². The van der Waals surface area contributed by atoms with Crippen LogP contribution in [0.5, 0.6) is 0 Å². The lowest BCUT2D eigenvalue weighted by Crippen LogP contribution is -2.54. The number of hydrogen-bond donors (Lipinski definition) is 2. The zero-order valence-corrected chi connectivity index (χ0v) is 13.2. The first-order valence-corrected chi connectivity index (χ1v) is 6.74. The van der Waals surface area contributed by atoms with Gasteiger partial charge in [-0.2, -0.15) is 39.5 Å². The van der Waals surface area contributed by atoms with Crippen LogP contribution in [0.2, 0.25) is 0 Å². The van der Waals surface area contributed by atoms with Crippen LogP contribution >= 0.6 is 0 Å². The second-order valence-corrected chi connectivity index (χ2v) is 5.82. The maximum Gasteiger partial charge on any atom is 0.430 e. The molecular weight excluding hydrogens is 383 g/mol. The minimum atomic E-state index is -6.31. The molecule has 1 aromatic rings. The van der Waals surface area contributed by atoms with Gasteiger partial charge in [-0.05, 0) is 31.0 Å². The van der Waals surface area contributed by atoms with Crippen molar-refractivity contribution >= 4 is 5.57 Å². The number of benzene rings is 1. The van der Waals surface area contributed by atoms with Crippen LogP contribution in [0.25, 0.3) is 5.57 Å². The highest BCUT2D eigenvalue weighted by molar-refractivity contribution is 5.67. The van der Waals surface area contributed by atoms with Crippen LogP contribution in [0.15, 0.2) is 24.8 Å². The predicted octanol–water partition coefficient (Wildman–Crippen LogP) is 4.80. The Morgan fingerprint density at radius 2 is 1.27 bits per heavy atom. The molecule has 2 nitrogen and oxygen atoms in total. The van der Waals surface area contributed by atoms with Gasteiger partial charge in [0.15, 0.2) is 5.60 Å². The molecule has 0 aliphatic heterocycles. The molecule has 1 aromatic carbocycles. The van der Waals surface area contributed by atoms with Crippen molar-refractivity contribution < 1.29 is 49.7 Å². The van der Waals surface area contributed by atoms with E-state index < -0.39 is 46.4 Å². The second kappa shape index (κ2) is 6.15. The molecule has 11 heteroatoms. The topological polar surface area (TPSA) is 40.5 Å². The van der Waals surface area contributed by atoms with Crippen molar-refractivity contribution in [3.05, 3.63) is 41.5 Å². The molecular formula is C15H13F9O2. The molecule has 1 atom stereocenters. The van der Waals surface area contributed by atoms with Gasteiger partial charge in [-0.3, -0.25) is 0 Å². The fourth-order valence-electron chi connectivity index (χ4n) is 2.15. The van der Waals surface area contributed by atoms with E-state index >= 15 is 0 Å². The van der Waals surface area contributed by atoms with Gasteiger partial charge in [-0.25, -0.2) is 0 Å². The zero-order valence-electron chi connectivity index (χ0n) is 13.2. The van der Waals surface area contributed by atoms with E-state index in [4.69, 9.17) is 0 Å². The predicted molar refractivity (Wildman–Crippen MR) is 72.8 cm³/mol. The van der Waals surface area contributed by atoms with Gasteiger partial charge in [-0.15, -0.1) is 0 Å². The molecule has 26 heavy (non-hydrogen) atoms. The number of allylic oxidation sites excluding steroid dienone is 1. The molecule has 0 aliphatic rings. The standard InChI is InChI=1S/C15H13F9O2/c1-7(2)9-5-4-8(11(3,25)13(16,17)18)6-10(9)12(26,14(19,20)21)15(22,23)24/h4-6,25-26H,1H2,2-3H3. The summed E-state index contributed by atoms with van der Waals surface area (Å²) >= 11 is 0. The number of alkyl halides is 9. The number of hydrogen-bond acceptors (Lipinski definition) is 2. The first kappa shape index (κ1) is 22.3. The molecule has 1 unspecified atom stereocenters. The molecule has 0 fully saturated rings. The van der Waals surface area contributed by atoms with Gasteiger partial charge in [0.1, 0.15) is 0 Å². The molecule has 0 saturated carbocycles. The summed E-state index contributed by atoms with van der Waals surface area (Å²) in [6.07, 6.45) is -18.0. The summed E-state index contributed by atoms with van der Waals surface area (Å²) in [6, 6.07) is 0.836. The highest BCUT2D eigenvalue weighted by atomic mass is 19.4. The zero-order chi connectivity index (χ0) is 20.9. The van der Waals surface area contributed by atoms with E-state index in [1.807, 2.05) is 0 Å².